The first-order valence-corrected chi connectivity index (χ1v) is 15.8. The Morgan fingerprint density at radius 3 is 1.88 bits per heavy atom. The Morgan fingerprint density at radius 1 is 0.750 bits per heavy atom. The van der Waals surface area contributed by atoms with E-state index in [4.69, 9.17) is 23.2 Å². The number of nitrogens with one attached hydrogen (secondary N) is 1. The van der Waals surface area contributed by atoms with Gasteiger partial charge in [-0.2, -0.15) is 0 Å². The zero-order valence-corrected chi connectivity index (χ0v) is 25.7. The fourth-order valence-corrected chi connectivity index (χ4v) is 7.16. The highest BCUT2D eigenvalue weighted by Crippen LogP contribution is 2.30. The van der Waals surface area contributed by atoms with Crippen LogP contribution in [-0.2, 0) is 17.9 Å². The smallest absolute Gasteiger partial charge is 0.216 e. The molecule has 218 valence electrons. The van der Waals surface area contributed by atoms with Crippen molar-refractivity contribution in [2.45, 2.75) is 51.7 Å². The van der Waals surface area contributed by atoms with Crippen LogP contribution in [0.2, 0.25) is 10.0 Å². The topological polar surface area (TPSA) is 42.1 Å². The molecular formula is C32H45Cl2N5O. The lowest BCUT2D eigenvalue weighted by molar-refractivity contribution is -0.119. The summed E-state index contributed by atoms with van der Waals surface area (Å²) in [5.41, 5.74) is 4.95. The largest absolute Gasteiger partial charge is 0.356 e. The van der Waals surface area contributed by atoms with Crippen LogP contribution in [0.15, 0.2) is 36.4 Å². The molecule has 2 aromatic rings. The van der Waals surface area contributed by atoms with Gasteiger partial charge in [-0.3, -0.25) is 19.5 Å². The molecule has 0 spiro atoms. The molecule has 3 heterocycles. The Hall–Kier alpha value is -1.67. The van der Waals surface area contributed by atoms with Gasteiger partial charge in [-0.15, -0.1) is 0 Å². The van der Waals surface area contributed by atoms with Crippen molar-refractivity contribution in [1.82, 2.24) is 24.9 Å². The average molecular weight is 587 g/mol. The molecule has 2 aromatic carbocycles. The van der Waals surface area contributed by atoms with Crippen LogP contribution in [0.25, 0.3) is 11.1 Å². The molecule has 3 aliphatic heterocycles. The number of benzene rings is 2. The number of halogens is 2. The number of rotatable bonds is 8. The highest BCUT2D eigenvalue weighted by atomic mass is 35.5. The maximum absolute atomic E-state index is 11.3. The van der Waals surface area contributed by atoms with E-state index in [0.717, 1.165) is 83.3 Å². The predicted molar refractivity (Wildman–Crippen MR) is 166 cm³/mol. The quantitative estimate of drug-likeness (QED) is 0.460. The van der Waals surface area contributed by atoms with E-state index in [1.807, 2.05) is 12.1 Å². The molecule has 0 atom stereocenters. The molecule has 3 fully saturated rings. The van der Waals surface area contributed by atoms with Gasteiger partial charge < -0.3 is 10.2 Å². The average Bonchev–Trinajstić information content (AvgIpc) is 2.93. The van der Waals surface area contributed by atoms with E-state index in [1.54, 1.807) is 13.0 Å². The van der Waals surface area contributed by atoms with Gasteiger partial charge in [0.2, 0.25) is 5.91 Å². The number of likely N-dealkylation sites (tertiary alicyclic amines) is 2. The predicted octanol–water partition coefficient (Wildman–Crippen LogP) is 5.22. The van der Waals surface area contributed by atoms with E-state index >= 15 is 0 Å². The zero-order chi connectivity index (χ0) is 28.1. The van der Waals surface area contributed by atoms with Crippen molar-refractivity contribution >= 4 is 29.1 Å². The maximum atomic E-state index is 11.3. The maximum Gasteiger partial charge on any atom is 0.216 e. The van der Waals surface area contributed by atoms with Crippen LogP contribution in [0.3, 0.4) is 0 Å². The molecule has 3 aliphatic rings. The lowest BCUT2D eigenvalue weighted by Gasteiger charge is -2.42. The van der Waals surface area contributed by atoms with Crippen molar-refractivity contribution in [2.24, 2.45) is 5.92 Å². The van der Waals surface area contributed by atoms with Gasteiger partial charge in [-0.1, -0.05) is 29.3 Å². The molecule has 0 aliphatic carbocycles. The summed E-state index contributed by atoms with van der Waals surface area (Å²) < 4.78 is 0. The van der Waals surface area contributed by atoms with Gasteiger partial charge in [0.25, 0.3) is 0 Å². The van der Waals surface area contributed by atoms with Crippen LogP contribution in [-0.4, -0.2) is 97.5 Å². The number of carbonyl (C=O) groups excluding carboxylic acids is 1. The molecule has 6 nitrogen and oxygen atoms in total. The van der Waals surface area contributed by atoms with E-state index in [0.29, 0.717) is 16.0 Å². The molecule has 0 radical (unpaired) electrons. The number of hydrogen-bond acceptors (Lipinski definition) is 5. The Kier molecular flexibility index (Phi) is 10.4. The normalized spacial score (nSPS) is 21.1. The molecule has 0 bridgehead atoms. The first-order valence-electron chi connectivity index (χ1n) is 15.0. The molecule has 3 saturated heterocycles. The Morgan fingerprint density at radius 2 is 1.30 bits per heavy atom. The minimum atomic E-state index is 0.0659. The molecule has 0 saturated carbocycles. The number of piperidine rings is 2. The van der Waals surface area contributed by atoms with Gasteiger partial charge in [-0.25, -0.2) is 0 Å². The lowest BCUT2D eigenvalue weighted by atomic mass is 9.95. The SMILES string of the molecule is CC(=O)NCC1CCN(Cc2cc(CN3CCN(C4CCN(C)CC4)CC3)cc(-c3cc(Cl)cc(Cl)c3)c2)CC1. The second-order valence-corrected chi connectivity index (χ2v) is 13.1. The van der Waals surface area contributed by atoms with Crippen LogP contribution in [0.5, 0.6) is 0 Å². The minimum Gasteiger partial charge on any atom is -0.356 e. The van der Waals surface area contributed by atoms with E-state index < -0.39 is 0 Å². The summed E-state index contributed by atoms with van der Waals surface area (Å²) in [7, 11) is 2.24. The zero-order valence-electron chi connectivity index (χ0n) is 24.2. The third-order valence-electron chi connectivity index (χ3n) is 9.02. The van der Waals surface area contributed by atoms with Gasteiger partial charge in [0.15, 0.2) is 0 Å². The van der Waals surface area contributed by atoms with Crippen LogP contribution < -0.4 is 5.32 Å². The molecule has 5 rings (SSSR count). The summed E-state index contributed by atoms with van der Waals surface area (Å²) in [6.45, 7) is 13.4. The second kappa shape index (κ2) is 14.0. The fraction of sp³-hybridized carbons (Fsp3) is 0.594. The van der Waals surface area contributed by atoms with Crippen molar-refractivity contribution in [1.29, 1.82) is 0 Å². The van der Waals surface area contributed by atoms with Gasteiger partial charge in [0.05, 0.1) is 0 Å². The second-order valence-electron chi connectivity index (χ2n) is 12.2. The Bertz CT molecular complexity index is 1120. The fourth-order valence-electron chi connectivity index (χ4n) is 6.63. The molecule has 0 unspecified atom stereocenters. The van der Waals surface area contributed by atoms with E-state index in [-0.39, 0.29) is 5.91 Å². The lowest BCUT2D eigenvalue weighted by Crippen LogP contribution is -2.52. The number of nitrogens with zero attached hydrogens (tertiary/aromatic N) is 4. The van der Waals surface area contributed by atoms with Crippen molar-refractivity contribution in [3.05, 3.63) is 57.6 Å². The molecule has 8 heteroatoms. The van der Waals surface area contributed by atoms with Gasteiger partial charge in [0, 0.05) is 68.8 Å². The van der Waals surface area contributed by atoms with Gasteiger partial charge >= 0.3 is 0 Å². The third-order valence-corrected chi connectivity index (χ3v) is 9.46. The molecule has 40 heavy (non-hydrogen) atoms. The van der Waals surface area contributed by atoms with Gasteiger partial charge in [-0.05, 0) is 117 Å². The Balaban J connectivity index is 1.25. The van der Waals surface area contributed by atoms with Crippen LogP contribution in [0.4, 0.5) is 0 Å². The summed E-state index contributed by atoms with van der Waals surface area (Å²) in [5.74, 6) is 0.639. The van der Waals surface area contributed by atoms with Crippen molar-refractivity contribution in [3.63, 3.8) is 0 Å². The molecule has 1 N–H and O–H groups in total. The highest BCUT2D eigenvalue weighted by Gasteiger charge is 2.27. The van der Waals surface area contributed by atoms with Crippen LogP contribution in [0, 0.1) is 5.92 Å². The number of carbonyl (C=O) groups is 1. The van der Waals surface area contributed by atoms with Crippen LogP contribution in [0.1, 0.15) is 43.7 Å². The van der Waals surface area contributed by atoms with Crippen LogP contribution >= 0.6 is 23.2 Å². The van der Waals surface area contributed by atoms with Crippen molar-refractivity contribution in [3.8, 4) is 11.1 Å². The Labute approximate surface area is 250 Å². The molecule has 0 aromatic heterocycles. The number of hydrogen-bond donors (Lipinski definition) is 1. The molecule has 1 amide bonds. The van der Waals surface area contributed by atoms with E-state index in [1.165, 1.54) is 42.6 Å². The summed E-state index contributed by atoms with van der Waals surface area (Å²) in [6, 6.07) is 13.6. The monoisotopic (exact) mass is 585 g/mol. The van der Waals surface area contributed by atoms with Crippen molar-refractivity contribution < 1.29 is 4.79 Å². The van der Waals surface area contributed by atoms with Gasteiger partial charge in [0.1, 0.15) is 0 Å². The summed E-state index contributed by atoms with van der Waals surface area (Å²) in [6.07, 6.45) is 4.85. The molecular weight excluding hydrogens is 541 g/mol. The third kappa shape index (κ3) is 8.43. The number of amides is 1. The van der Waals surface area contributed by atoms with E-state index in [9.17, 15) is 4.79 Å². The standard InChI is InChI=1S/C32H45Cl2N5O/c1-24(40)35-21-25-3-9-37(10-4-25)22-26-15-27(17-28(16-26)29-18-30(33)20-31(34)19-29)23-38-11-13-39(14-12-38)32-5-7-36(2)8-6-32/h15-20,25,32H,3-14,21-23H2,1-2H3,(H,35,40). The highest BCUT2D eigenvalue weighted by molar-refractivity contribution is 6.35. The summed E-state index contributed by atoms with van der Waals surface area (Å²) >= 11 is 12.8. The minimum absolute atomic E-state index is 0.0659. The first-order chi connectivity index (χ1) is 19.3. The summed E-state index contributed by atoms with van der Waals surface area (Å²) in [4.78, 5) is 21.7. The number of piperazine rings is 1. The first kappa shape index (κ1) is 29.8. The van der Waals surface area contributed by atoms with E-state index in [2.05, 4.69) is 50.2 Å². The van der Waals surface area contributed by atoms with Crippen molar-refractivity contribution in [2.75, 3.05) is 66.0 Å². The summed E-state index contributed by atoms with van der Waals surface area (Å²) in [5, 5.41) is 4.33.